The molecule has 0 saturated carbocycles. The number of morpholine rings is 1. The monoisotopic (exact) mass is 193 g/mol. The predicted molar refractivity (Wildman–Crippen MR) is 55.6 cm³/mol. The molecule has 1 aromatic rings. The molecule has 0 aromatic heterocycles. The zero-order valence-corrected chi connectivity index (χ0v) is 8.02. The summed E-state index contributed by atoms with van der Waals surface area (Å²) in [4.78, 5) is 0. The minimum absolute atomic E-state index is 0.181. The number of hydrogen-bond donors (Lipinski definition) is 2. The fraction of sp³-hybridized carbons (Fsp3) is 0.400. The molecule has 0 amide bonds. The Labute approximate surface area is 83.6 Å². The Kier molecular flexibility index (Phi) is 2.98. The van der Waals surface area contributed by atoms with Crippen LogP contribution in [0.5, 0.6) is 0 Å². The largest absolute Gasteiger partial charge is 0.361 e. The van der Waals surface area contributed by atoms with Crippen molar-refractivity contribution < 1.29 is 4.74 Å². The zero-order chi connectivity index (χ0) is 9.80. The molecular formula is C10H15N3O. The number of benzene rings is 1. The second kappa shape index (κ2) is 4.41. The molecule has 1 atom stereocenters. The summed E-state index contributed by atoms with van der Waals surface area (Å²) in [5, 5.41) is 2.07. The standard InChI is InChI=1S/C10H15N3O/c11-10-8-13(6-7-14-10)12-9-4-2-1-3-5-9/h1-5,10,12H,6-8,11H2. The molecule has 4 nitrogen and oxygen atoms in total. The molecule has 2 rings (SSSR count). The lowest BCUT2D eigenvalue weighted by molar-refractivity contribution is -0.0158. The molecule has 14 heavy (non-hydrogen) atoms. The Morgan fingerprint density at radius 2 is 2.14 bits per heavy atom. The summed E-state index contributed by atoms with van der Waals surface area (Å²) in [6.07, 6.45) is -0.181. The molecule has 0 bridgehead atoms. The Bertz CT molecular complexity index is 278. The maximum atomic E-state index is 5.67. The maximum absolute atomic E-state index is 5.67. The SMILES string of the molecule is NC1CN(Nc2ccccc2)CCO1. The van der Waals surface area contributed by atoms with Crippen LogP contribution in [0.3, 0.4) is 0 Å². The Balaban J connectivity index is 1.91. The van der Waals surface area contributed by atoms with Crippen LogP contribution in [0.25, 0.3) is 0 Å². The van der Waals surface area contributed by atoms with Gasteiger partial charge in [0.05, 0.1) is 13.2 Å². The minimum Gasteiger partial charge on any atom is -0.361 e. The molecule has 1 saturated heterocycles. The van der Waals surface area contributed by atoms with E-state index in [1.54, 1.807) is 0 Å². The van der Waals surface area contributed by atoms with Crippen LogP contribution in [0.15, 0.2) is 30.3 Å². The number of ether oxygens (including phenoxy) is 1. The normalized spacial score (nSPS) is 23.4. The van der Waals surface area contributed by atoms with E-state index in [1.165, 1.54) is 0 Å². The van der Waals surface area contributed by atoms with Gasteiger partial charge in [0.1, 0.15) is 6.23 Å². The van der Waals surface area contributed by atoms with Crippen molar-refractivity contribution in [2.24, 2.45) is 5.73 Å². The van der Waals surface area contributed by atoms with Crippen molar-refractivity contribution in [1.29, 1.82) is 0 Å². The third kappa shape index (κ3) is 2.45. The van der Waals surface area contributed by atoms with Crippen LogP contribution in [0, 0.1) is 0 Å². The maximum Gasteiger partial charge on any atom is 0.120 e. The third-order valence-corrected chi connectivity index (χ3v) is 2.15. The molecule has 0 aliphatic carbocycles. The smallest absolute Gasteiger partial charge is 0.120 e. The second-order valence-corrected chi connectivity index (χ2v) is 3.33. The van der Waals surface area contributed by atoms with Gasteiger partial charge in [-0.05, 0) is 12.1 Å². The van der Waals surface area contributed by atoms with Gasteiger partial charge >= 0.3 is 0 Å². The Morgan fingerprint density at radius 3 is 2.86 bits per heavy atom. The number of nitrogens with zero attached hydrogens (tertiary/aromatic N) is 1. The lowest BCUT2D eigenvalue weighted by atomic mass is 10.3. The van der Waals surface area contributed by atoms with Gasteiger partial charge in [-0.25, -0.2) is 5.01 Å². The van der Waals surface area contributed by atoms with Gasteiger partial charge in [-0.1, -0.05) is 18.2 Å². The molecule has 4 heteroatoms. The number of anilines is 1. The van der Waals surface area contributed by atoms with Crippen molar-refractivity contribution in [1.82, 2.24) is 5.01 Å². The van der Waals surface area contributed by atoms with E-state index in [2.05, 4.69) is 10.4 Å². The van der Waals surface area contributed by atoms with Gasteiger partial charge in [-0.3, -0.25) is 0 Å². The summed E-state index contributed by atoms with van der Waals surface area (Å²) >= 11 is 0. The highest BCUT2D eigenvalue weighted by molar-refractivity contribution is 5.41. The quantitative estimate of drug-likeness (QED) is 0.723. The number of para-hydroxylation sites is 1. The van der Waals surface area contributed by atoms with Crippen molar-refractivity contribution in [2.45, 2.75) is 6.23 Å². The van der Waals surface area contributed by atoms with E-state index in [1.807, 2.05) is 30.3 Å². The average molecular weight is 193 g/mol. The van der Waals surface area contributed by atoms with Crippen molar-refractivity contribution in [2.75, 3.05) is 25.1 Å². The highest BCUT2D eigenvalue weighted by Crippen LogP contribution is 2.08. The zero-order valence-electron chi connectivity index (χ0n) is 8.02. The lowest BCUT2D eigenvalue weighted by Crippen LogP contribution is -2.48. The number of nitrogens with two attached hydrogens (primary N) is 1. The van der Waals surface area contributed by atoms with E-state index in [0.717, 1.165) is 18.8 Å². The molecule has 1 unspecified atom stereocenters. The number of hydrogen-bond acceptors (Lipinski definition) is 4. The average Bonchev–Trinajstić information content (AvgIpc) is 2.19. The van der Waals surface area contributed by atoms with Gasteiger partial charge in [0.25, 0.3) is 0 Å². The highest BCUT2D eigenvalue weighted by Gasteiger charge is 2.16. The summed E-state index contributed by atoms with van der Waals surface area (Å²) in [6.45, 7) is 2.26. The van der Waals surface area contributed by atoms with E-state index in [-0.39, 0.29) is 6.23 Å². The van der Waals surface area contributed by atoms with Crippen LogP contribution in [0.4, 0.5) is 5.69 Å². The van der Waals surface area contributed by atoms with Crippen molar-refractivity contribution in [3.05, 3.63) is 30.3 Å². The first kappa shape index (κ1) is 9.45. The topological polar surface area (TPSA) is 50.5 Å². The van der Waals surface area contributed by atoms with Gasteiger partial charge in [-0.2, -0.15) is 0 Å². The van der Waals surface area contributed by atoms with Gasteiger partial charge in [-0.15, -0.1) is 0 Å². The van der Waals surface area contributed by atoms with Crippen LogP contribution >= 0.6 is 0 Å². The second-order valence-electron chi connectivity index (χ2n) is 3.33. The fourth-order valence-electron chi connectivity index (χ4n) is 1.47. The van der Waals surface area contributed by atoms with Crippen LogP contribution in [0.2, 0.25) is 0 Å². The van der Waals surface area contributed by atoms with E-state index < -0.39 is 0 Å². The summed E-state index contributed by atoms with van der Waals surface area (Å²) in [5.74, 6) is 0. The lowest BCUT2D eigenvalue weighted by Gasteiger charge is -2.31. The third-order valence-electron chi connectivity index (χ3n) is 2.15. The Hall–Kier alpha value is -1.10. The first-order valence-corrected chi connectivity index (χ1v) is 4.78. The Morgan fingerprint density at radius 1 is 1.36 bits per heavy atom. The van der Waals surface area contributed by atoms with Crippen molar-refractivity contribution in [3.8, 4) is 0 Å². The van der Waals surface area contributed by atoms with Crippen LogP contribution in [-0.2, 0) is 4.74 Å². The fourth-order valence-corrected chi connectivity index (χ4v) is 1.47. The van der Waals surface area contributed by atoms with Crippen LogP contribution in [-0.4, -0.2) is 30.9 Å². The van der Waals surface area contributed by atoms with Crippen LogP contribution < -0.4 is 11.2 Å². The molecule has 76 valence electrons. The molecule has 1 fully saturated rings. The summed E-state index contributed by atoms with van der Waals surface area (Å²) in [7, 11) is 0. The molecular weight excluding hydrogens is 178 g/mol. The van der Waals surface area contributed by atoms with E-state index in [0.29, 0.717) is 6.61 Å². The minimum atomic E-state index is -0.181. The summed E-state index contributed by atoms with van der Waals surface area (Å²) in [5.41, 5.74) is 10.0. The van der Waals surface area contributed by atoms with Gasteiger partial charge in [0.2, 0.25) is 0 Å². The molecule has 3 N–H and O–H groups in total. The van der Waals surface area contributed by atoms with E-state index in [4.69, 9.17) is 10.5 Å². The molecule has 1 aromatic carbocycles. The summed E-state index contributed by atoms with van der Waals surface area (Å²) < 4.78 is 5.24. The van der Waals surface area contributed by atoms with Gasteiger partial charge < -0.3 is 15.9 Å². The first-order valence-electron chi connectivity index (χ1n) is 4.78. The molecule has 1 aliphatic heterocycles. The summed E-state index contributed by atoms with van der Waals surface area (Å²) in [6, 6.07) is 10.1. The first-order chi connectivity index (χ1) is 6.84. The molecule has 1 heterocycles. The number of hydrazine groups is 1. The molecule has 0 spiro atoms. The van der Waals surface area contributed by atoms with Gasteiger partial charge in [0, 0.05) is 12.2 Å². The van der Waals surface area contributed by atoms with E-state index in [9.17, 15) is 0 Å². The van der Waals surface area contributed by atoms with Gasteiger partial charge in [0.15, 0.2) is 0 Å². The highest BCUT2D eigenvalue weighted by atomic mass is 16.5. The number of nitrogens with one attached hydrogen (secondary N) is 1. The van der Waals surface area contributed by atoms with E-state index >= 15 is 0 Å². The van der Waals surface area contributed by atoms with Crippen molar-refractivity contribution in [3.63, 3.8) is 0 Å². The number of rotatable bonds is 2. The molecule has 0 radical (unpaired) electrons. The predicted octanol–water partition coefficient (Wildman–Crippen LogP) is 0.630. The van der Waals surface area contributed by atoms with Crippen LogP contribution in [0.1, 0.15) is 0 Å². The van der Waals surface area contributed by atoms with Crippen molar-refractivity contribution >= 4 is 5.69 Å². The molecule has 1 aliphatic rings.